The Kier molecular flexibility index (Phi) is 5.53. The van der Waals surface area contributed by atoms with Crippen molar-refractivity contribution >= 4 is 5.71 Å². The fraction of sp³-hybridized carbons (Fsp3) is 0.667. The van der Waals surface area contributed by atoms with Crippen molar-refractivity contribution in [3.05, 3.63) is 11.8 Å². The van der Waals surface area contributed by atoms with Crippen molar-refractivity contribution in [2.45, 2.75) is 27.7 Å². The van der Waals surface area contributed by atoms with Crippen LogP contribution in [0.1, 0.15) is 27.7 Å². The molecule has 0 aromatic rings. The lowest BCUT2D eigenvalue weighted by atomic mass is 10.3. The highest BCUT2D eigenvalue weighted by atomic mass is 14.9. The summed E-state index contributed by atoms with van der Waals surface area (Å²) in [6, 6.07) is 0. The lowest BCUT2D eigenvalue weighted by molar-refractivity contribution is 0.855. The number of hydrogen-bond acceptors (Lipinski definition) is 2. The van der Waals surface area contributed by atoms with Gasteiger partial charge in [-0.25, -0.2) is 0 Å². The molecule has 0 saturated carbocycles. The third-order valence-electron chi connectivity index (χ3n) is 1.29. The van der Waals surface area contributed by atoms with Gasteiger partial charge in [-0.3, -0.25) is 4.99 Å². The minimum absolute atomic E-state index is 0.863. The van der Waals surface area contributed by atoms with Crippen molar-refractivity contribution < 1.29 is 0 Å². The minimum Gasteiger partial charge on any atom is -0.389 e. The molecule has 0 aliphatic heterocycles. The molecule has 0 bridgehead atoms. The van der Waals surface area contributed by atoms with Gasteiger partial charge in [-0.1, -0.05) is 0 Å². The van der Waals surface area contributed by atoms with Gasteiger partial charge in [0.25, 0.3) is 0 Å². The van der Waals surface area contributed by atoms with Gasteiger partial charge in [-0.05, 0) is 33.8 Å². The normalized spacial score (nSPS) is 13.5. The Morgan fingerprint density at radius 2 is 2.00 bits per heavy atom. The summed E-state index contributed by atoms with van der Waals surface area (Å²) in [4.78, 5) is 4.25. The van der Waals surface area contributed by atoms with Gasteiger partial charge in [0.15, 0.2) is 0 Å². The van der Waals surface area contributed by atoms with Crippen molar-refractivity contribution in [3.63, 3.8) is 0 Å². The molecule has 1 N–H and O–H groups in total. The van der Waals surface area contributed by atoms with Crippen LogP contribution in [-0.4, -0.2) is 18.8 Å². The Labute approximate surface area is 69.4 Å². The maximum atomic E-state index is 4.25. The van der Waals surface area contributed by atoms with Crippen LogP contribution in [0, 0.1) is 0 Å². The average Bonchev–Trinajstić information content (AvgIpc) is 1.87. The van der Waals surface area contributed by atoms with Gasteiger partial charge in [0.1, 0.15) is 0 Å². The van der Waals surface area contributed by atoms with Gasteiger partial charge < -0.3 is 5.32 Å². The van der Waals surface area contributed by atoms with Crippen LogP contribution in [0.15, 0.2) is 16.8 Å². The summed E-state index contributed by atoms with van der Waals surface area (Å²) in [6.07, 6.45) is 2.06. The predicted molar refractivity (Wildman–Crippen MR) is 51.1 cm³/mol. The second-order valence-electron chi connectivity index (χ2n) is 2.47. The number of aliphatic imine (C=N–C) groups is 1. The summed E-state index contributed by atoms with van der Waals surface area (Å²) in [5, 5.41) is 3.22. The lowest BCUT2D eigenvalue weighted by Crippen LogP contribution is -2.10. The van der Waals surface area contributed by atoms with Crippen molar-refractivity contribution in [2.75, 3.05) is 13.1 Å². The molecule has 0 rings (SSSR count). The molecule has 0 atom stereocenters. The zero-order valence-corrected chi connectivity index (χ0v) is 7.94. The molecule has 0 fully saturated rings. The summed E-state index contributed by atoms with van der Waals surface area (Å²) in [5.74, 6) is 0. The molecule has 64 valence electrons. The van der Waals surface area contributed by atoms with Crippen LogP contribution < -0.4 is 5.32 Å². The van der Waals surface area contributed by atoms with Crippen LogP contribution in [-0.2, 0) is 0 Å². The molecule has 2 nitrogen and oxygen atoms in total. The van der Waals surface area contributed by atoms with E-state index in [9.17, 15) is 0 Å². The Hall–Kier alpha value is -0.790. The highest BCUT2D eigenvalue weighted by Gasteiger charge is 1.86. The molecule has 11 heavy (non-hydrogen) atoms. The number of nitrogens with zero attached hydrogens (tertiary/aromatic N) is 1. The van der Waals surface area contributed by atoms with Crippen molar-refractivity contribution in [2.24, 2.45) is 4.99 Å². The van der Waals surface area contributed by atoms with Gasteiger partial charge in [0.2, 0.25) is 0 Å². The SMILES string of the molecule is CCN=C(C)/C=C(\C)NCC. The highest BCUT2D eigenvalue weighted by molar-refractivity contribution is 5.93. The molecule has 0 spiro atoms. The van der Waals surface area contributed by atoms with Crippen LogP contribution in [0.2, 0.25) is 0 Å². The first-order chi connectivity index (χ1) is 5.20. The third kappa shape index (κ3) is 5.64. The zero-order valence-electron chi connectivity index (χ0n) is 7.94. The van der Waals surface area contributed by atoms with E-state index >= 15 is 0 Å². The molecule has 2 heteroatoms. The Morgan fingerprint density at radius 3 is 2.45 bits per heavy atom. The van der Waals surface area contributed by atoms with Crippen molar-refractivity contribution in [1.82, 2.24) is 5.32 Å². The summed E-state index contributed by atoms with van der Waals surface area (Å²) in [7, 11) is 0. The van der Waals surface area contributed by atoms with E-state index in [1.807, 2.05) is 13.8 Å². The van der Waals surface area contributed by atoms with Crippen LogP contribution in [0.5, 0.6) is 0 Å². The van der Waals surface area contributed by atoms with E-state index < -0.39 is 0 Å². The van der Waals surface area contributed by atoms with E-state index in [4.69, 9.17) is 0 Å². The van der Waals surface area contributed by atoms with E-state index in [2.05, 4.69) is 30.2 Å². The molecular weight excluding hydrogens is 136 g/mol. The first kappa shape index (κ1) is 10.2. The minimum atomic E-state index is 0.863. The van der Waals surface area contributed by atoms with Crippen molar-refractivity contribution in [1.29, 1.82) is 0 Å². The first-order valence-corrected chi connectivity index (χ1v) is 4.13. The third-order valence-corrected chi connectivity index (χ3v) is 1.29. The monoisotopic (exact) mass is 154 g/mol. The summed E-state index contributed by atoms with van der Waals surface area (Å²) in [6.45, 7) is 10.0. The van der Waals surface area contributed by atoms with E-state index in [0.29, 0.717) is 0 Å². The summed E-state index contributed by atoms with van der Waals surface area (Å²) < 4.78 is 0. The molecule has 0 aromatic carbocycles. The Morgan fingerprint density at radius 1 is 1.36 bits per heavy atom. The number of hydrogen-bond donors (Lipinski definition) is 1. The van der Waals surface area contributed by atoms with Crippen LogP contribution in [0.3, 0.4) is 0 Å². The fourth-order valence-corrected chi connectivity index (χ4v) is 0.938. The second-order valence-corrected chi connectivity index (χ2v) is 2.47. The fourth-order valence-electron chi connectivity index (χ4n) is 0.938. The van der Waals surface area contributed by atoms with Gasteiger partial charge in [0.05, 0.1) is 0 Å². The molecule has 0 unspecified atom stereocenters. The van der Waals surface area contributed by atoms with E-state index in [-0.39, 0.29) is 0 Å². The molecule has 0 heterocycles. The molecular formula is C9H18N2. The maximum absolute atomic E-state index is 4.25. The first-order valence-electron chi connectivity index (χ1n) is 4.13. The Balaban J connectivity index is 3.96. The van der Waals surface area contributed by atoms with Crippen LogP contribution >= 0.6 is 0 Å². The maximum Gasteiger partial charge on any atom is 0.0364 e. The largest absolute Gasteiger partial charge is 0.389 e. The molecule has 0 aliphatic rings. The number of rotatable bonds is 4. The van der Waals surface area contributed by atoms with Crippen LogP contribution in [0.25, 0.3) is 0 Å². The summed E-state index contributed by atoms with van der Waals surface area (Å²) >= 11 is 0. The van der Waals surface area contributed by atoms with E-state index in [1.54, 1.807) is 0 Å². The topological polar surface area (TPSA) is 24.4 Å². The lowest BCUT2D eigenvalue weighted by Gasteiger charge is -2.01. The second kappa shape index (κ2) is 5.96. The van der Waals surface area contributed by atoms with Crippen molar-refractivity contribution in [3.8, 4) is 0 Å². The molecule has 0 radical (unpaired) electrons. The Bertz CT molecular complexity index is 157. The zero-order chi connectivity index (χ0) is 8.69. The average molecular weight is 154 g/mol. The van der Waals surface area contributed by atoms with Gasteiger partial charge in [-0.2, -0.15) is 0 Å². The van der Waals surface area contributed by atoms with Gasteiger partial charge in [-0.15, -0.1) is 0 Å². The predicted octanol–water partition coefficient (Wildman–Crippen LogP) is 1.98. The standard InChI is InChI=1S/C9H18N2/c1-5-10-8(3)7-9(4)11-6-2/h7,10H,5-6H2,1-4H3/b8-7+,11-9?. The van der Waals surface area contributed by atoms with E-state index in [0.717, 1.165) is 18.8 Å². The molecule has 0 aromatic heterocycles. The highest BCUT2D eigenvalue weighted by Crippen LogP contribution is 1.88. The molecule has 0 amide bonds. The van der Waals surface area contributed by atoms with Gasteiger partial charge in [0, 0.05) is 24.5 Å². The summed E-state index contributed by atoms with van der Waals surface area (Å²) in [5.41, 5.74) is 2.27. The quantitative estimate of drug-likeness (QED) is 0.615. The molecule has 0 aliphatic carbocycles. The molecule has 0 saturated heterocycles. The van der Waals surface area contributed by atoms with Crippen LogP contribution in [0.4, 0.5) is 0 Å². The smallest absolute Gasteiger partial charge is 0.0364 e. The van der Waals surface area contributed by atoms with E-state index in [1.165, 1.54) is 5.70 Å². The number of allylic oxidation sites excluding steroid dienone is 2. The van der Waals surface area contributed by atoms with Gasteiger partial charge >= 0.3 is 0 Å². The number of nitrogens with one attached hydrogen (secondary N) is 1.